The number of nitriles is 1. The Morgan fingerprint density at radius 2 is 2.06 bits per heavy atom. The molecule has 2 aromatic heterocycles. The van der Waals surface area contributed by atoms with Crippen molar-refractivity contribution in [3.05, 3.63) is 58.8 Å². The van der Waals surface area contributed by atoms with Crippen LogP contribution in [0.1, 0.15) is 28.2 Å². The molecule has 0 amide bonds. The second kappa shape index (κ2) is 9.45. The number of nitrogens with one attached hydrogen (secondary N) is 2. The molecule has 5 rings (SSSR count). The molecule has 2 aliphatic heterocycles. The summed E-state index contributed by atoms with van der Waals surface area (Å²) in [4.78, 5) is 15.6. The van der Waals surface area contributed by atoms with Crippen LogP contribution in [0.2, 0.25) is 0 Å². The van der Waals surface area contributed by atoms with Gasteiger partial charge < -0.3 is 15.5 Å². The average molecular weight is 507 g/mol. The Morgan fingerprint density at radius 1 is 1.23 bits per heavy atom. The summed E-state index contributed by atoms with van der Waals surface area (Å²) < 4.78 is 16.2. The van der Waals surface area contributed by atoms with Crippen molar-refractivity contribution in [2.75, 3.05) is 42.5 Å². The molecule has 11 heteroatoms. The second-order valence-corrected chi connectivity index (χ2v) is 12.7. The minimum Gasteiger partial charge on any atom is -0.324 e. The SMILES string of the molecule is CN1Cc2cc(Nc3ncc(C#N)c(Nc4cccc(N=S(C)(C)=O)n4)n3)cc3c2C(CSC3)C1. The minimum absolute atomic E-state index is 0.288. The summed E-state index contributed by atoms with van der Waals surface area (Å²) in [6.45, 7) is 2.03. The van der Waals surface area contributed by atoms with E-state index in [-0.39, 0.29) is 5.56 Å². The zero-order valence-electron chi connectivity index (χ0n) is 19.8. The first-order valence-electron chi connectivity index (χ1n) is 11.1. The Balaban J connectivity index is 1.44. The van der Waals surface area contributed by atoms with Crippen molar-refractivity contribution in [2.45, 2.75) is 18.2 Å². The van der Waals surface area contributed by atoms with Crippen LogP contribution in [0.4, 0.5) is 29.1 Å². The van der Waals surface area contributed by atoms with Crippen molar-refractivity contribution in [1.82, 2.24) is 19.9 Å². The second-order valence-electron chi connectivity index (χ2n) is 9.09. The lowest BCUT2D eigenvalue weighted by atomic mass is 9.87. The lowest BCUT2D eigenvalue weighted by Gasteiger charge is -2.36. The third-order valence-electron chi connectivity index (χ3n) is 5.77. The largest absolute Gasteiger partial charge is 0.324 e. The van der Waals surface area contributed by atoms with Crippen molar-refractivity contribution in [3.63, 3.8) is 0 Å². The van der Waals surface area contributed by atoms with E-state index in [1.54, 1.807) is 30.7 Å². The Labute approximate surface area is 209 Å². The number of aromatic nitrogens is 3. The molecule has 0 saturated heterocycles. The summed E-state index contributed by atoms with van der Waals surface area (Å²) in [5.74, 6) is 4.26. The predicted molar refractivity (Wildman–Crippen MR) is 141 cm³/mol. The third kappa shape index (κ3) is 5.40. The van der Waals surface area contributed by atoms with E-state index in [0.717, 1.165) is 24.5 Å². The molecule has 1 atom stereocenters. The monoisotopic (exact) mass is 506 g/mol. The summed E-state index contributed by atoms with van der Waals surface area (Å²) in [6, 6.07) is 11.7. The highest BCUT2D eigenvalue weighted by Crippen LogP contribution is 2.41. The van der Waals surface area contributed by atoms with Gasteiger partial charge in [0.15, 0.2) is 11.6 Å². The molecule has 1 aromatic carbocycles. The molecule has 3 aromatic rings. The molecule has 0 radical (unpaired) electrons. The number of hydrogen-bond donors (Lipinski definition) is 2. The topological polar surface area (TPSA) is 119 Å². The first-order valence-corrected chi connectivity index (χ1v) is 14.6. The fourth-order valence-electron chi connectivity index (χ4n) is 4.53. The summed E-state index contributed by atoms with van der Waals surface area (Å²) in [6.07, 6.45) is 4.59. The lowest BCUT2D eigenvalue weighted by Crippen LogP contribution is -2.33. The zero-order valence-corrected chi connectivity index (χ0v) is 21.4. The number of likely N-dealkylation sites (N-methyl/N-ethyl adjacent to an activating group) is 1. The molecule has 0 spiro atoms. The van der Waals surface area contributed by atoms with Crippen molar-refractivity contribution in [3.8, 4) is 6.07 Å². The molecule has 2 aliphatic rings. The van der Waals surface area contributed by atoms with E-state index < -0.39 is 9.73 Å². The van der Waals surface area contributed by atoms with Crippen LogP contribution in [-0.2, 0) is 22.0 Å². The fourth-order valence-corrected chi connectivity index (χ4v) is 6.22. The molecule has 0 aliphatic carbocycles. The first kappa shape index (κ1) is 23.5. The fraction of sp³-hybridized carbons (Fsp3) is 0.333. The average Bonchev–Trinajstić information content (AvgIpc) is 2.78. The minimum atomic E-state index is -2.34. The van der Waals surface area contributed by atoms with Gasteiger partial charge in [0.25, 0.3) is 0 Å². The van der Waals surface area contributed by atoms with Crippen molar-refractivity contribution in [2.24, 2.45) is 4.36 Å². The van der Waals surface area contributed by atoms with Crippen LogP contribution < -0.4 is 10.6 Å². The number of hydrogen-bond acceptors (Lipinski definition) is 10. The quantitative estimate of drug-likeness (QED) is 0.520. The molecule has 9 nitrogen and oxygen atoms in total. The molecule has 35 heavy (non-hydrogen) atoms. The predicted octanol–water partition coefficient (Wildman–Crippen LogP) is 4.37. The number of nitrogens with zero attached hydrogens (tertiary/aromatic N) is 6. The van der Waals surface area contributed by atoms with Crippen molar-refractivity contribution < 1.29 is 4.21 Å². The van der Waals surface area contributed by atoms with E-state index in [1.807, 2.05) is 11.8 Å². The summed E-state index contributed by atoms with van der Waals surface area (Å²) in [5.41, 5.74) is 5.46. The molecule has 4 heterocycles. The van der Waals surface area contributed by atoms with Crippen LogP contribution in [0.3, 0.4) is 0 Å². The molecular formula is C24H26N8OS2. The summed E-state index contributed by atoms with van der Waals surface area (Å²) in [7, 11) is -0.178. The molecule has 0 fully saturated rings. The maximum absolute atomic E-state index is 12.0. The summed E-state index contributed by atoms with van der Waals surface area (Å²) in [5, 5.41) is 16.0. The van der Waals surface area contributed by atoms with Crippen LogP contribution in [-0.4, -0.2) is 55.9 Å². The van der Waals surface area contributed by atoms with Gasteiger partial charge in [-0.1, -0.05) is 6.07 Å². The van der Waals surface area contributed by atoms with E-state index in [0.29, 0.717) is 29.3 Å². The van der Waals surface area contributed by atoms with Gasteiger partial charge in [-0.2, -0.15) is 26.4 Å². The maximum atomic E-state index is 12.0. The van der Waals surface area contributed by atoms with Gasteiger partial charge in [0.2, 0.25) is 5.95 Å². The van der Waals surface area contributed by atoms with Crippen LogP contribution in [0.15, 0.2) is 40.9 Å². The highest BCUT2D eigenvalue weighted by Gasteiger charge is 2.29. The number of pyridine rings is 1. The van der Waals surface area contributed by atoms with E-state index in [9.17, 15) is 9.47 Å². The van der Waals surface area contributed by atoms with Gasteiger partial charge in [0, 0.05) is 58.4 Å². The Morgan fingerprint density at radius 3 is 2.86 bits per heavy atom. The lowest BCUT2D eigenvalue weighted by molar-refractivity contribution is 0.288. The van der Waals surface area contributed by atoms with Gasteiger partial charge >= 0.3 is 0 Å². The van der Waals surface area contributed by atoms with Gasteiger partial charge in [0.1, 0.15) is 17.5 Å². The first-order chi connectivity index (χ1) is 16.8. The third-order valence-corrected chi connectivity index (χ3v) is 7.55. The molecule has 0 bridgehead atoms. The molecule has 1 unspecified atom stereocenters. The Kier molecular flexibility index (Phi) is 6.35. The molecule has 2 N–H and O–H groups in total. The number of benzene rings is 1. The normalized spacial score (nSPS) is 17.3. The number of anilines is 4. The van der Waals surface area contributed by atoms with Gasteiger partial charge in [0.05, 0.1) is 6.20 Å². The smallest absolute Gasteiger partial charge is 0.229 e. The van der Waals surface area contributed by atoms with E-state index in [4.69, 9.17) is 0 Å². The van der Waals surface area contributed by atoms with Gasteiger partial charge in [-0.3, -0.25) is 0 Å². The van der Waals surface area contributed by atoms with E-state index in [2.05, 4.69) is 60.1 Å². The zero-order chi connectivity index (χ0) is 24.6. The Bertz CT molecular complexity index is 1450. The van der Waals surface area contributed by atoms with Crippen molar-refractivity contribution in [1.29, 1.82) is 5.26 Å². The van der Waals surface area contributed by atoms with E-state index >= 15 is 0 Å². The number of rotatable bonds is 5. The van der Waals surface area contributed by atoms with E-state index in [1.165, 1.54) is 28.6 Å². The Hall–Kier alpha value is -3.20. The van der Waals surface area contributed by atoms with Crippen LogP contribution in [0, 0.1) is 11.3 Å². The van der Waals surface area contributed by atoms with Crippen LogP contribution in [0.25, 0.3) is 0 Å². The van der Waals surface area contributed by atoms with Gasteiger partial charge in [-0.15, -0.1) is 0 Å². The standard InChI is InChI=1S/C24H26N8OS2/c1-32-11-15-7-19(8-16-13-34-14-18(12-32)22(15)16)27-24-26-10-17(9-25)23(30-24)29-20-5-4-6-21(28-20)31-35(2,3)33/h4-8,10,18H,11-14H2,1-3H3,(H2,26,27,28,29,30). The molecule has 0 saturated carbocycles. The maximum Gasteiger partial charge on any atom is 0.229 e. The highest BCUT2D eigenvalue weighted by atomic mass is 32.2. The molecular weight excluding hydrogens is 480 g/mol. The van der Waals surface area contributed by atoms with Crippen molar-refractivity contribution >= 4 is 50.6 Å². The van der Waals surface area contributed by atoms with Crippen LogP contribution >= 0.6 is 11.8 Å². The number of thioether (sulfide) groups is 1. The van der Waals surface area contributed by atoms with Gasteiger partial charge in [-0.25, -0.2) is 14.2 Å². The highest BCUT2D eigenvalue weighted by molar-refractivity contribution is 7.98. The molecule has 180 valence electrons. The van der Waals surface area contributed by atoms with Gasteiger partial charge in [-0.05, 0) is 48.0 Å². The van der Waals surface area contributed by atoms with Crippen LogP contribution in [0.5, 0.6) is 0 Å². The summed E-state index contributed by atoms with van der Waals surface area (Å²) >= 11 is 1.98.